The molecular weight excluding hydrogens is 272 g/mol. The molecular formula is C10H10N4O2S2. The van der Waals surface area contributed by atoms with E-state index in [4.69, 9.17) is 4.74 Å². The molecule has 0 fully saturated rings. The van der Waals surface area contributed by atoms with E-state index in [-0.39, 0.29) is 5.24 Å². The van der Waals surface area contributed by atoms with Gasteiger partial charge in [0.25, 0.3) is 10.4 Å². The molecule has 2 aromatic rings. The highest BCUT2D eigenvalue weighted by Crippen LogP contribution is 2.26. The Kier molecular flexibility index (Phi) is 4.11. The van der Waals surface area contributed by atoms with Crippen LogP contribution in [0.1, 0.15) is 0 Å². The summed E-state index contributed by atoms with van der Waals surface area (Å²) in [5, 5.41) is 0.668. The monoisotopic (exact) mass is 282 g/mol. The summed E-state index contributed by atoms with van der Waals surface area (Å²) in [4.78, 5) is 20.9. The van der Waals surface area contributed by atoms with Gasteiger partial charge < -0.3 is 9.64 Å². The molecule has 0 bridgehead atoms. The number of carbonyl (C=O) groups is 1. The largest absolute Gasteiger partial charge is 0.430 e. The smallest absolute Gasteiger partial charge is 0.299 e. The molecule has 0 N–H and O–H groups in total. The molecule has 2 heterocycles. The van der Waals surface area contributed by atoms with Crippen LogP contribution in [0.3, 0.4) is 0 Å². The Morgan fingerprint density at radius 1 is 1.39 bits per heavy atom. The van der Waals surface area contributed by atoms with Crippen LogP contribution in [0.15, 0.2) is 29.7 Å². The topological polar surface area (TPSA) is 68.2 Å². The van der Waals surface area contributed by atoms with Crippen molar-refractivity contribution < 1.29 is 9.53 Å². The van der Waals surface area contributed by atoms with Crippen molar-refractivity contribution in [2.75, 3.05) is 14.1 Å². The van der Waals surface area contributed by atoms with Gasteiger partial charge in [-0.2, -0.15) is 9.36 Å². The lowest BCUT2D eigenvalue weighted by Gasteiger charge is -2.06. The van der Waals surface area contributed by atoms with E-state index in [2.05, 4.69) is 14.3 Å². The van der Waals surface area contributed by atoms with Gasteiger partial charge in [0.1, 0.15) is 5.75 Å². The average molecular weight is 282 g/mol. The Bertz CT molecular complexity index is 530. The van der Waals surface area contributed by atoms with E-state index in [1.165, 1.54) is 4.90 Å². The first-order chi connectivity index (χ1) is 8.65. The molecule has 0 aromatic carbocycles. The molecule has 0 spiro atoms. The maximum absolute atomic E-state index is 11.4. The number of thioether (sulfide) groups is 1. The summed E-state index contributed by atoms with van der Waals surface area (Å²) in [5.74, 6) is 0.636. The van der Waals surface area contributed by atoms with Gasteiger partial charge in [0.15, 0.2) is 0 Å². The highest BCUT2D eigenvalue weighted by Gasteiger charge is 2.12. The summed E-state index contributed by atoms with van der Waals surface area (Å²) < 4.78 is 9.51. The van der Waals surface area contributed by atoms with Crippen molar-refractivity contribution >= 4 is 28.5 Å². The maximum Gasteiger partial charge on any atom is 0.299 e. The summed E-state index contributed by atoms with van der Waals surface area (Å²) in [6.45, 7) is 0. The average Bonchev–Trinajstić information content (AvgIpc) is 2.77. The van der Waals surface area contributed by atoms with Crippen LogP contribution in [0, 0.1) is 0 Å². The van der Waals surface area contributed by atoms with Gasteiger partial charge in [0, 0.05) is 49.8 Å². The second-order valence-corrected chi connectivity index (χ2v) is 5.02. The molecule has 18 heavy (non-hydrogen) atoms. The quantitative estimate of drug-likeness (QED) is 0.806. The number of aromatic nitrogens is 3. The lowest BCUT2D eigenvalue weighted by molar-refractivity contribution is 0.241. The van der Waals surface area contributed by atoms with E-state index < -0.39 is 0 Å². The zero-order valence-electron chi connectivity index (χ0n) is 9.73. The number of hydrogen-bond acceptors (Lipinski definition) is 7. The molecule has 94 valence electrons. The zero-order chi connectivity index (χ0) is 13.0. The Hall–Kier alpha value is -1.67. The fraction of sp³-hybridized carbons (Fsp3) is 0.200. The molecule has 0 saturated heterocycles. The molecule has 0 atom stereocenters. The predicted octanol–water partition coefficient (Wildman–Crippen LogP) is 2.50. The normalized spacial score (nSPS) is 10.1. The van der Waals surface area contributed by atoms with Crippen molar-refractivity contribution in [1.82, 2.24) is 19.2 Å². The van der Waals surface area contributed by atoms with Crippen molar-refractivity contribution in [2.45, 2.75) is 5.16 Å². The fourth-order valence-corrected chi connectivity index (χ4v) is 2.20. The first kappa shape index (κ1) is 12.8. The minimum absolute atomic E-state index is 0.122. The molecule has 0 aliphatic rings. The third-order valence-electron chi connectivity index (χ3n) is 1.79. The van der Waals surface area contributed by atoms with Gasteiger partial charge in [0.05, 0.1) is 0 Å². The third-order valence-corrected chi connectivity index (χ3v) is 3.40. The minimum Gasteiger partial charge on any atom is -0.430 e. The Morgan fingerprint density at radius 3 is 2.78 bits per heavy atom. The Balaban J connectivity index is 2.00. The van der Waals surface area contributed by atoms with Gasteiger partial charge >= 0.3 is 0 Å². The second-order valence-electron chi connectivity index (χ2n) is 3.39. The number of amides is 1. The first-order valence-electron chi connectivity index (χ1n) is 4.96. The van der Waals surface area contributed by atoms with Crippen molar-refractivity contribution in [3.8, 4) is 10.9 Å². The fourth-order valence-electron chi connectivity index (χ4n) is 0.956. The molecule has 1 amide bonds. The maximum atomic E-state index is 11.4. The molecule has 8 heteroatoms. The van der Waals surface area contributed by atoms with Crippen LogP contribution < -0.4 is 4.74 Å². The Morgan fingerprint density at radius 2 is 2.11 bits per heavy atom. The van der Waals surface area contributed by atoms with Crippen molar-refractivity contribution in [1.29, 1.82) is 0 Å². The van der Waals surface area contributed by atoms with Gasteiger partial charge in [-0.25, -0.2) is 0 Å². The standard InChI is InChI=1S/C10H10N4O2S2/c1-14(2)10(15)17-8-12-9(18-13-8)16-7-3-5-11-6-4-7/h3-6H,1-2H3. The summed E-state index contributed by atoms with van der Waals surface area (Å²) in [7, 11) is 3.35. The summed E-state index contributed by atoms with van der Waals surface area (Å²) in [5.41, 5.74) is 0. The van der Waals surface area contributed by atoms with Crippen LogP contribution in [-0.4, -0.2) is 38.6 Å². The molecule has 0 saturated carbocycles. The minimum atomic E-state index is -0.122. The first-order valence-corrected chi connectivity index (χ1v) is 6.55. The Labute approximate surface area is 112 Å². The number of nitrogens with zero attached hydrogens (tertiary/aromatic N) is 4. The van der Waals surface area contributed by atoms with Gasteiger partial charge in [-0.15, -0.1) is 0 Å². The number of pyridine rings is 1. The van der Waals surface area contributed by atoms with E-state index in [0.29, 0.717) is 16.1 Å². The van der Waals surface area contributed by atoms with Crippen LogP contribution >= 0.6 is 23.3 Å². The van der Waals surface area contributed by atoms with E-state index in [1.807, 2.05) is 0 Å². The van der Waals surface area contributed by atoms with Crippen LogP contribution in [0.5, 0.6) is 10.9 Å². The molecule has 0 aliphatic heterocycles. The van der Waals surface area contributed by atoms with Crippen LogP contribution in [0.25, 0.3) is 0 Å². The second kappa shape index (κ2) is 5.78. The van der Waals surface area contributed by atoms with Gasteiger partial charge in [-0.3, -0.25) is 9.78 Å². The number of ether oxygens (including phenoxy) is 1. The highest BCUT2D eigenvalue weighted by atomic mass is 32.2. The number of carbonyl (C=O) groups excluding carboxylic acids is 1. The summed E-state index contributed by atoms with van der Waals surface area (Å²) in [6, 6.07) is 3.44. The molecule has 2 aromatic heterocycles. The molecule has 0 unspecified atom stereocenters. The summed E-state index contributed by atoms with van der Waals surface area (Å²) >= 11 is 2.07. The summed E-state index contributed by atoms with van der Waals surface area (Å²) in [6.07, 6.45) is 3.25. The SMILES string of the molecule is CN(C)C(=O)Sc1nsc(Oc2ccncc2)n1. The molecule has 0 aliphatic carbocycles. The van der Waals surface area contributed by atoms with Gasteiger partial charge in [-0.05, 0) is 12.1 Å². The number of rotatable bonds is 3. The van der Waals surface area contributed by atoms with E-state index in [9.17, 15) is 4.79 Å². The van der Waals surface area contributed by atoms with E-state index >= 15 is 0 Å². The molecule has 2 rings (SSSR count). The van der Waals surface area contributed by atoms with E-state index in [0.717, 1.165) is 23.3 Å². The zero-order valence-corrected chi connectivity index (χ0v) is 11.4. The molecule has 6 nitrogen and oxygen atoms in total. The third kappa shape index (κ3) is 3.41. The van der Waals surface area contributed by atoms with E-state index in [1.54, 1.807) is 38.6 Å². The lowest BCUT2D eigenvalue weighted by atomic mass is 10.5. The predicted molar refractivity (Wildman–Crippen MR) is 69.2 cm³/mol. The highest BCUT2D eigenvalue weighted by molar-refractivity contribution is 8.13. The van der Waals surface area contributed by atoms with Crippen LogP contribution in [0.2, 0.25) is 0 Å². The van der Waals surface area contributed by atoms with Gasteiger partial charge in [0.2, 0.25) is 5.16 Å². The van der Waals surface area contributed by atoms with Crippen LogP contribution in [0.4, 0.5) is 4.79 Å². The van der Waals surface area contributed by atoms with Crippen LogP contribution in [-0.2, 0) is 0 Å². The van der Waals surface area contributed by atoms with Crippen molar-refractivity contribution in [3.63, 3.8) is 0 Å². The van der Waals surface area contributed by atoms with Crippen molar-refractivity contribution in [2.24, 2.45) is 0 Å². The number of hydrogen-bond donors (Lipinski definition) is 0. The molecule has 0 radical (unpaired) electrons. The lowest BCUT2D eigenvalue weighted by Crippen LogP contribution is -2.16. The van der Waals surface area contributed by atoms with Crippen molar-refractivity contribution in [3.05, 3.63) is 24.5 Å². The van der Waals surface area contributed by atoms with Gasteiger partial charge in [-0.1, -0.05) is 0 Å².